The maximum absolute atomic E-state index is 12.3. The largest absolute Gasteiger partial charge is 0.480 e. The lowest BCUT2D eigenvalue weighted by atomic mass is 10.2. The first kappa shape index (κ1) is 16.9. The summed E-state index contributed by atoms with van der Waals surface area (Å²) in [4.78, 5) is 22.0. The molecule has 0 saturated heterocycles. The monoisotopic (exact) mass is 315 g/mol. The molecule has 0 aliphatic heterocycles. The van der Waals surface area contributed by atoms with Gasteiger partial charge in [-0.15, -0.1) is 0 Å². The molecule has 0 aliphatic carbocycles. The van der Waals surface area contributed by atoms with Crippen LogP contribution in [0.3, 0.4) is 0 Å². The van der Waals surface area contributed by atoms with Gasteiger partial charge in [-0.3, -0.25) is 9.48 Å². The molecule has 0 fully saturated rings. The second kappa shape index (κ2) is 6.50. The molecule has 1 atom stereocenters. The Balaban J connectivity index is 2.64. The number of carboxylic acid groups (broad SMARTS) is 1. The lowest BCUT2D eigenvalue weighted by Gasteiger charge is -2.13. The SMILES string of the molecule is O=C(Cn1ccc(C(F)(F)F)n1)NC(CC(F)F)C(=O)O. The molecular weight excluding hydrogens is 305 g/mol. The Morgan fingerprint density at radius 2 is 2.00 bits per heavy atom. The van der Waals surface area contributed by atoms with Crippen molar-refractivity contribution >= 4 is 11.9 Å². The molecule has 1 amide bonds. The smallest absolute Gasteiger partial charge is 0.435 e. The van der Waals surface area contributed by atoms with Gasteiger partial charge in [0.2, 0.25) is 12.3 Å². The van der Waals surface area contributed by atoms with Gasteiger partial charge in [0, 0.05) is 12.6 Å². The Morgan fingerprint density at radius 3 is 2.43 bits per heavy atom. The van der Waals surface area contributed by atoms with Crippen LogP contribution in [0, 0.1) is 0 Å². The second-order valence-corrected chi connectivity index (χ2v) is 3.98. The Morgan fingerprint density at radius 1 is 1.38 bits per heavy atom. The van der Waals surface area contributed by atoms with Crippen molar-refractivity contribution in [3.63, 3.8) is 0 Å². The fourth-order valence-electron chi connectivity index (χ4n) is 1.39. The maximum atomic E-state index is 12.3. The average molecular weight is 315 g/mol. The Bertz CT molecular complexity index is 514. The fraction of sp³-hybridized carbons (Fsp3) is 0.500. The van der Waals surface area contributed by atoms with Crippen LogP contribution in [-0.2, 0) is 22.3 Å². The van der Waals surface area contributed by atoms with E-state index in [4.69, 9.17) is 5.11 Å². The molecule has 0 saturated carbocycles. The maximum Gasteiger partial charge on any atom is 0.435 e. The Kier molecular flexibility index (Phi) is 5.22. The van der Waals surface area contributed by atoms with E-state index in [-0.39, 0.29) is 0 Å². The van der Waals surface area contributed by atoms with Crippen molar-refractivity contribution in [1.82, 2.24) is 15.1 Å². The number of rotatable bonds is 6. The summed E-state index contributed by atoms with van der Waals surface area (Å²) in [6.07, 6.45) is -7.87. The number of nitrogens with zero attached hydrogens (tertiary/aromatic N) is 2. The predicted molar refractivity (Wildman–Crippen MR) is 57.4 cm³/mol. The lowest BCUT2D eigenvalue weighted by Crippen LogP contribution is -2.43. The lowest BCUT2D eigenvalue weighted by molar-refractivity contribution is -0.143. The number of aliphatic carboxylic acids is 1. The van der Waals surface area contributed by atoms with Crippen molar-refractivity contribution < 1.29 is 36.6 Å². The third-order valence-corrected chi connectivity index (χ3v) is 2.28. The highest BCUT2D eigenvalue weighted by Gasteiger charge is 2.33. The minimum Gasteiger partial charge on any atom is -0.480 e. The number of carbonyl (C=O) groups is 2. The van der Waals surface area contributed by atoms with Crippen LogP contribution >= 0.6 is 0 Å². The van der Waals surface area contributed by atoms with Gasteiger partial charge in [-0.2, -0.15) is 18.3 Å². The fourth-order valence-corrected chi connectivity index (χ4v) is 1.39. The van der Waals surface area contributed by atoms with Gasteiger partial charge in [-0.25, -0.2) is 13.6 Å². The molecule has 0 bridgehead atoms. The van der Waals surface area contributed by atoms with Crippen molar-refractivity contribution in [3.8, 4) is 0 Å². The molecule has 1 unspecified atom stereocenters. The number of hydrogen-bond acceptors (Lipinski definition) is 3. The van der Waals surface area contributed by atoms with E-state index >= 15 is 0 Å². The molecule has 2 N–H and O–H groups in total. The van der Waals surface area contributed by atoms with Gasteiger partial charge in [0.15, 0.2) is 5.69 Å². The van der Waals surface area contributed by atoms with E-state index in [1.165, 1.54) is 0 Å². The van der Waals surface area contributed by atoms with E-state index < -0.39 is 49.2 Å². The highest BCUT2D eigenvalue weighted by molar-refractivity contribution is 5.83. The highest BCUT2D eigenvalue weighted by atomic mass is 19.4. The molecule has 6 nitrogen and oxygen atoms in total. The van der Waals surface area contributed by atoms with Crippen LogP contribution in [0.4, 0.5) is 22.0 Å². The first-order valence-electron chi connectivity index (χ1n) is 5.50. The first-order chi connectivity index (χ1) is 9.59. The zero-order valence-electron chi connectivity index (χ0n) is 10.3. The summed E-state index contributed by atoms with van der Waals surface area (Å²) < 4.78 is 61.6. The van der Waals surface area contributed by atoms with E-state index in [1.54, 1.807) is 5.32 Å². The minimum atomic E-state index is -4.68. The zero-order chi connectivity index (χ0) is 16.2. The topological polar surface area (TPSA) is 84.2 Å². The van der Waals surface area contributed by atoms with E-state index in [9.17, 15) is 31.5 Å². The molecular formula is C10H10F5N3O3. The first-order valence-corrected chi connectivity index (χ1v) is 5.50. The van der Waals surface area contributed by atoms with Gasteiger partial charge < -0.3 is 10.4 Å². The molecule has 11 heteroatoms. The third-order valence-electron chi connectivity index (χ3n) is 2.28. The molecule has 1 heterocycles. The van der Waals surface area contributed by atoms with E-state index in [0.29, 0.717) is 10.7 Å². The standard InChI is InChI=1S/C10H10F5N3O3/c11-7(12)3-5(9(20)21)16-8(19)4-18-2-1-6(17-18)10(13,14)15/h1-2,5,7H,3-4H2,(H,16,19)(H,20,21). The van der Waals surface area contributed by atoms with Gasteiger partial charge in [-0.05, 0) is 6.07 Å². The number of carboxylic acids is 1. The van der Waals surface area contributed by atoms with E-state index in [1.807, 2.05) is 0 Å². The molecule has 0 spiro atoms. The molecule has 1 aromatic heterocycles. The predicted octanol–water partition coefficient (Wildman–Crippen LogP) is 1.13. The van der Waals surface area contributed by atoms with Gasteiger partial charge in [0.05, 0.1) is 0 Å². The Labute approximate surface area is 114 Å². The molecule has 0 aliphatic rings. The second-order valence-electron chi connectivity index (χ2n) is 3.98. The number of amides is 1. The Hall–Kier alpha value is -2.20. The van der Waals surface area contributed by atoms with E-state index in [0.717, 1.165) is 6.20 Å². The summed E-state index contributed by atoms with van der Waals surface area (Å²) in [6.45, 7) is -0.719. The summed E-state index contributed by atoms with van der Waals surface area (Å²) in [5, 5.41) is 13.5. The normalized spacial score (nSPS) is 13.2. The van der Waals surface area contributed by atoms with Crippen molar-refractivity contribution in [2.45, 2.75) is 31.6 Å². The van der Waals surface area contributed by atoms with Crippen molar-refractivity contribution in [2.75, 3.05) is 0 Å². The summed E-state index contributed by atoms with van der Waals surface area (Å²) in [6, 6.07) is -1.20. The van der Waals surface area contributed by atoms with Crippen LogP contribution in [0.2, 0.25) is 0 Å². The summed E-state index contributed by atoms with van der Waals surface area (Å²) in [7, 11) is 0. The van der Waals surface area contributed by atoms with Gasteiger partial charge in [0.1, 0.15) is 12.6 Å². The number of hydrogen-bond donors (Lipinski definition) is 2. The molecule has 1 aromatic rings. The number of nitrogens with one attached hydrogen (secondary N) is 1. The number of aromatic nitrogens is 2. The average Bonchev–Trinajstić information content (AvgIpc) is 2.75. The van der Waals surface area contributed by atoms with Crippen LogP contribution in [0.5, 0.6) is 0 Å². The van der Waals surface area contributed by atoms with Crippen LogP contribution in [0.15, 0.2) is 12.3 Å². The minimum absolute atomic E-state index is 0.624. The van der Waals surface area contributed by atoms with Gasteiger partial charge in [0.25, 0.3) is 0 Å². The van der Waals surface area contributed by atoms with Crippen molar-refractivity contribution in [1.29, 1.82) is 0 Å². The molecule has 21 heavy (non-hydrogen) atoms. The van der Waals surface area contributed by atoms with Crippen LogP contribution in [0.25, 0.3) is 0 Å². The van der Waals surface area contributed by atoms with Crippen LogP contribution in [-0.4, -0.2) is 39.2 Å². The quantitative estimate of drug-likeness (QED) is 0.771. The molecule has 1 rings (SSSR count). The molecule has 118 valence electrons. The molecule has 0 radical (unpaired) electrons. The summed E-state index contributed by atoms with van der Waals surface area (Å²) >= 11 is 0. The number of alkyl halides is 5. The summed E-state index contributed by atoms with van der Waals surface area (Å²) in [5.41, 5.74) is -1.22. The van der Waals surface area contributed by atoms with Gasteiger partial charge in [-0.1, -0.05) is 0 Å². The number of carbonyl (C=O) groups excluding carboxylic acids is 1. The third kappa shape index (κ3) is 5.36. The van der Waals surface area contributed by atoms with Crippen molar-refractivity contribution in [2.24, 2.45) is 0 Å². The highest BCUT2D eigenvalue weighted by Crippen LogP contribution is 2.27. The zero-order valence-corrected chi connectivity index (χ0v) is 10.3. The summed E-state index contributed by atoms with van der Waals surface area (Å²) in [5.74, 6) is -2.71. The van der Waals surface area contributed by atoms with Crippen molar-refractivity contribution in [3.05, 3.63) is 18.0 Å². The number of halogens is 5. The van der Waals surface area contributed by atoms with Crippen LogP contribution < -0.4 is 5.32 Å². The van der Waals surface area contributed by atoms with Gasteiger partial charge >= 0.3 is 12.1 Å². The van der Waals surface area contributed by atoms with Crippen LogP contribution in [0.1, 0.15) is 12.1 Å². The molecule has 0 aromatic carbocycles. The van der Waals surface area contributed by atoms with E-state index in [2.05, 4.69) is 5.10 Å².